The summed E-state index contributed by atoms with van der Waals surface area (Å²) >= 11 is 6.28. The average molecular weight is 514 g/mol. The third-order valence-corrected chi connectivity index (χ3v) is 7.80. The van der Waals surface area contributed by atoms with Gasteiger partial charge in [0.05, 0.1) is 18.8 Å². The second-order valence-electron chi connectivity index (χ2n) is 9.59. The Labute approximate surface area is 221 Å². The number of hydrogen-bond acceptors (Lipinski definition) is 4. The van der Waals surface area contributed by atoms with Crippen molar-refractivity contribution in [3.63, 3.8) is 0 Å². The molecule has 4 aromatic rings. The van der Waals surface area contributed by atoms with Crippen LogP contribution < -0.4 is 9.47 Å². The largest absolute Gasteiger partial charge is 0.497 e. The van der Waals surface area contributed by atoms with Crippen molar-refractivity contribution >= 4 is 17.5 Å². The molecule has 1 atom stereocenters. The van der Waals surface area contributed by atoms with Crippen molar-refractivity contribution in [2.45, 2.75) is 44.4 Å². The Bertz CT molecular complexity index is 1410. The van der Waals surface area contributed by atoms with E-state index >= 15 is 0 Å². The molecule has 1 aliphatic heterocycles. The van der Waals surface area contributed by atoms with Gasteiger partial charge in [-0.05, 0) is 60.9 Å². The lowest BCUT2D eigenvalue weighted by Gasteiger charge is -2.32. The number of fused-ring (bicyclic) bond motifs is 1. The van der Waals surface area contributed by atoms with Gasteiger partial charge in [-0.1, -0.05) is 54.8 Å². The van der Waals surface area contributed by atoms with Gasteiger partial charge in [-0.25, -0.2) is 0 Å². The van der Waals surface area contributed by atoms with Gasteiger partial charge in [0.15, 0.2) is 0 Å². The molecule has 188 valence electrons. The second-order valence-corrected chi connectivity index (χ2v) is 10.00. The number of carbonyl (C=O) groups is 1. The van der Waals surface area contributed by atoms with E-state index in [1.807, 2.05) is 60.7 Å². The average Bonchev–Trinajstić information content (AvgIpc) is 3.67. The Kier molecular flexibility index (Phi) is 6.35. The minimum Gasteiger partial charge on any atom is -0.497 e. The molecule has 1 amide bonds. The van der Waals surface area contributed by atoms with E-state index in [1.54, 1.807) is 7.11 Å². The molecule has 0 bridgehead atoms. The van der Waals surface area contributed by atoms with Crippen molar-refractivity contribution in [3.8, 4) is 22.8 Å². The summed E-state index contributed by atoms with van der Waals surface area (Å²) in [6, 6.07) is 23.5. The fourth-order valence-electron chi connectivity index (χ4n) is 5.54. The maximum Gasteiger partial charge on any atom is 0.273 e. The van der Waals surface area contributed by atoms with E-state index in [9.17, 15) is 4.79 Å². The highest BCUT2D eigenvalue weighted by molar-refractivity contribution is 6.31. The Morgan fingerprint density at radius 2 is 1.68 bits per heavy atom. The fraction of sp³-hybridized carbons (Fsp3) is 0.267. The number of aromatic amines is 1. The van der Waals surface area contributed by atoms with Crippen LogP contribution >= 0.6 is 11.6 Å². The van der Waals surface area contributed by atoms with E-state index in [1.165, 1.54) is 0 Å². The first kappa shape index (κ1) is 23.6. The van der Waals surface area contributed by atoms with Crippen molar-refractivity contribution < 1.29 is 14.3 Å². The zero-order chi connectivity index (χ0) is 25.4. The maximum absolute atomic E-state index is 13.7. The summed E-state index contributed by atoms with van der Waals surface area (Å²) in [7, 11) is 1.65. The van der Waals surface area contributed by atoms with Crippen molar-refractivity contribution in [1.82, 2.24) is 15.1 Å². The number of rotatable bonds is 7. The molecule has 2 heterocycles. The van der Waals surface area contributed by atoms with E-state index < -0.39 is 0 Å². The minimum absolute atomic E-state index is 0.0261. The summed E-state index contributed by atoms with van der Waals surface area (Å²) in [6.07, 6.45) is 4.34. The first-order valence-corrected chi connectivity index (χ1v) is 13.0. The van der Waals surface area contributed by atoms with Crippen LogP contribution in [0.1, 0.15) is 58.9 Å². The molecule has 2 aliphatic rings. The highest BCUT2D eigenvalue weighted by atomic mass is 35.5. The van der Waals surface area contributed by atoms with E-state index in [4.69, 9.17) is 21.1 Å². The predicted molar refractivity (Wildman–Crippen MR) is 143 cm³/mol. The lowest BCUT2D eigenvalue weighted by atomic mass is 9.95. The topological polar surface area (TPSA) is 67.5 Å². The number of aromatic nitrogens is 2. The van der Waals surface area contributed by atoms with Gasteiger partial charge in [-0.15, -0.1) is 0 Å². The van der Waals surface area contributed by atoms with Crippen LogP contribution in [0.25, 0.3) is 11.3 Å². The highest BCUT2D eigenvalue weighted by Crippen LogP contribution is 2.46. The summed E-state index contributed by atoms with van der Waals surface area (Å²) in [4.78, 5) is 15.7. The molecule has 0 radical (unpaired) electrons. The van der Waals surface area contributed by atoms with Crippen LogP contribution in [0.15, 0.2) is 72.8 Å². The fourth-order valence-corrected chi connectivity index (χ4v) is 5.73. The van der Waals surface area contributed by atoms with Crippen LogP contribution in [-0.2, 0) is 6.61 Å². The van der Waals surface area contributed by atoms with E-state index in [0.717, 1.165) is 65.1 Å². The number of benzene rings is 3. The van der Waals surface area contributed by atoms with Crippen LogP contribution in [0.4, 0.5) is 0 Å². The van der Waals surface area contributed by atoms with Crippen LogP contribution in [0.2, 0.25) is 5.02 Å². The zero-order valence-electron chi connectivity index (χ0n) is 20.6. The Morgan fingerprint density at radius 3 is 2.38 bits per heavy atom. The van der Waals surface area contributed by atoms with Crippen LogP contribution in [-0.4, -0.2) is 34.2 Å². The molecule has 1 aliphatic carbocycles. The predicted octanol–water partition coefficient (Wildman–Crippen LogP) is 6.81. The smallest absolute Gasteiger partial charge is 0.273 e. The van der Waals surface area contributed by atoms with Crippen molar-refractivity contribution in [2.24, 2.45) is 0 Å². The maximum atomic E-state index is 13.7. The number of nitrogens with one attached hydrogen (secondary N) is 1. The van der Waals surface area contributed by atoms with Crippen LogP contribution in [0, 0.1) is 0 Å². The molecule has 0 saturated heterocycles. The SMILES string of the molecule is COc1ccc(-c2n[nH]c3c2C(c2ccc(OCc4ccccc4Cl)cc2)N(C2CCCC2)C3=O)cc1. The second kappa shape index (κ2) is 9.94. The first-order valence-electron chi connectivity index (χ1n) is 12.7. The van der Waals surface area contributed by atoms with E-state index in [2.05, 4.69) is 27.2 Å². The molecule has 1 fully saturated rings. The normalized spacial score (nSPS) is 17.3. The lowest BCUT2D eigenvalue weighted by molar-refractivity contribution is 0.0660. The summed E-state index contributed by atoms with van der Waals surface area (Å²) in [6.45, 7) is 0.391. The summed E-state index contributed by atoms with van der Waals surface area (Å²) in [5, 5.41) is 8.34. The number of nitrogens with zero attached hydrogens (tertiary/aromatic N) is 2. The van der Waals surface area contributed by atoms with Crippen molar-refractivity contribution in [3.05, 3.63) is 100 Å². The molecule has 6 rings (SSSR count). The number of halogens is 1. The standard InChI is InChI=1S/C30H28ClN3O3/c1-36-23-14-10-19(11-15-23)27-26-28(33-32-27)30(35)34(22-7-3-4-8-22)29(26)20-12-16-24(17-13-20)37-18-21-6-2-5-9-25(21)31/h2,5-6,9-17,22,29H,3-4,7-8,18H2,1H3,(H,32,33). The van der Waals surface area contributed by atoms with Gasteiger partial charge in [0.1, 0.15) is 23.8 Å². The van der Waals surface area contributed by atoms with Gasteiger partial charge in [0, 0.05) is 27.8 Å². The van der Waals surface area contributed by atoms with Crippen LogP contribution in [0.5, 0.6) is 11.5 Å². The molecule has 7 heteroatoms. The molecular formula is C30H28ClN3O3. The third-order valence-electron chi connectivity index (χ3n) is 7.43. The van der Waals surface area contributed by atoms with E-state index in [0.29, 0.717) is 17.3 Å². The molecule has 1 aromatic heterocycles. The molecule has 6 nitrogen and oxygen atoms in total. The molecule has 1 unspecified atom stereocenters. The molecule has 0 spiro atoms. The monoisotopic (exact) mass is 513 g/mol. The van der Waals surface area contributed by atoms with E-state index in [-0.39, 0.29) is 18.0 Å². The Morgan fingerprint density at radius 1 is 0.973 bits per heavy atom. The molecule has 37 heavy (non-hydrogen) atoms. The number of ether oxygens (including phenoxy) is 2. The Balaban J connectivity index is 1.34. The summed E-state index contributed by atoms with van der Waals surface area (Å²) in [5.74, 6) is 1.56. The molecule has 1 saturated carbocycles. The quantitative estimate of drug-likeness (QED) is 0.295. The zero-order valence-corrected chi connectivity index (χ0v) is 21.4. The third kappa shape index (κ3) is 4.36. The molecular weight excluding hydrogens is 486 g/mol. The number of H-pyrrole nitrogens is 1. The van der Waals surface area contributed by atoms with Crippen molar-refractivity contribution in [1.29, 1.82) is 0 Å². The first-order chi connectivity index (χ1) is 18.1. The van der Waals surface area contributed by atoms with Gasteiger partial charge in [-0.2, -0.15) is 5.10 Å². The van der Waals surface area contributed by atoms with Gasteiger partial charge in [0.2, 0.25) is 0 Å². The van der Waals surface area contributed by atoms with Crippen LogP contribution in [0.3, 0.4) is 0 Å². The van der Waals surface area contributed by atoms with Gasteiger partial charge in [-0.3, -0.25) is 9.89 Å². The molecule has 1 N–H and O–H groups in total. The minimum atomic E-state index is -0.209. The van der Waals surface area contributed by atoms with Gasteiger partial charge < -0.3 is 14.4 Å². The molecule has 3 aromatic carbocycles. The summed E-state index contributed by atoms with van der Waals surface area (Å²) in [5.41, 5.74) is 5.25. The van der Waals surface area contributed by atoms with Gasteiger partial charge >= 0.3 is 0 Å². The number of methoxy groups -OCH3 is 1. The number of hydrogen-bond donors (Lipinski definition) is 1. The highest BCUT2D eigenvalue weighted by Gasteiger charge is 2.45. The van der Waals surface area contributed by atoms with Gasteiger partial charge in [0.25, 0.3) is 5.91 Å². The number of amides is 1. The van der Waals surface area contributed by atoms with Crippen molar-refractivity contribution in [2.75, 3.05) is 7.11 Å². The lowest BCUT2D eigenvalue weighted by Crippen LogP contribution is -2.37. The Hall–Kier alpha value is -3.77. The summed E-state index contributed by atoms with van der Waals surface area (Å²) < 4.78 is 11.3. The number of carbonyl (C=O) groups excluding carboxylic acids is 1.